The Bertz CT molecular complexity index is 279. The Balaban J connectivity index is 2.00. The number of nitrogens with one attached hydrogen (secondary N) is 1. The van der Waals surface area contributed by atoms with Crippen LogP contribution >= 0.6 is 0 Å². The standard InChI is InChI=1S/C10H17N3O/c11-4-3-9-7-14-10(13-9)8-2-1-5-12-6-8/h7-8,12H,1-6,11H2. The number of oxazole rings is 1. The van der Waals surface area contributed by atoms with Crippen LogP contribution < -0.4 is 11.1 Å². The van der Waals surface area contributed by atoms with Gasteiger partial charge in [-0.1, -0.05) is 0 Å². The predicted octanol–water partition coefficient (Wildman–Crippen LogP) is 0.643. The maximum Gasteiger partial charge on any atom is 0.198 e. The molecule has 4 nitrogen and oxygen atoms in total. The molecule has 1 fully saturated rings. The molecule has 0 saturated carbocycles. The van der Waals surface area contributed by atoms with Crippen LogP contribution in [0, 0.1) is 0 Å². The van der Waals surface area contributed by atoms with Crippen LogP contribution in [0.1, 0.15) is 30.3 Å². The summed E-state index contributed by atoms with van der Waals surface area (Å²) in [5, 5.41) is 3.35. The normalized spacial score (nSPS) is 22.5. The van der Waals surface area contributed by atoms with Crippen LogP contribution in [0.5, 0.6) is 0 Å². The fourth-order valence-electron chi connectivity index (χ4n) is 1.84. The Morgan fingerprint density at radius 2 is 2.57 bits per heavy atom. The van der Waals surface area contributed by atoms with Crippen molar-refractivity contribution in [2.24, 2.45) is 5.73 Å². The van der Waals surface area contributed by atoms with E-state index in [1.54, 1.807) is 6.26 Å². The van der Waals surface area contributed by atoms with E-state index in [2.05, 4.69) is 10.3 Å². The Morgan fingerprint density at radius 3 is 3.29 bits per heavy atom. The average Bonchev–Trinajstić information content (AvgIpc) is 2.68. The molecule has 1 unspecified atom stereocenters. The van der Waals surface area contributed by atoms with Crippen molar-refractivity contribution in [1.29, 1.82) is 0 Å². The molecule has 1 atom stereocenters. The van der Waals surface area contributed by atoms with E-state index in [9.17, 15) is 0 Å². The van der Waals surface area contributed by atoms with Crippen LogP contribution in [0.2, 0.25) is 0 Å². The molecule has 78 valence electrons. The van der Waals surface area contributed by atoms with Crippen LogP contribution in [-0.2, 0) is 6.42 Å². The molecule has 0 amide bonds. The number of piperidine rings is 1. The number of nitrogens with zero attached hydrogens (tertiary/aromatic N) is 1. The molecule has 0 radical (unpaired) electrons. The van der Waals surface area contributed by atoms with Gasteiger partial charge in [0, 0.05) is 18.9 Å². The lowest BCUT2D eigenvalue weighted by molar-refractivity contribution is 0.376. The number of hydrogen-bond donors (Lipinski definition) is 2. The van der Waals surface area contributed by atoms with Gasteiger partial charge in [-0.05, 0) is 25.9 Å². The predicted molar refractivity (Wildman–Crippen MR) is 54.1 cm³/mol. The summed E-state index contributed by atoms with van der Waals surface area (Å²) in [5.41, 5.74) is 6.43. The van der Waals surface area contributed by atoms with Crippen molar-refractivity contribution in [1.82, 2.24) is 10.3 Å². The van der Waals surface area contributed by atoms with Gasteiger partial charge in [0.15, 0.2) is 5.89 Å². The van der Waals surface area contributed by atoms with Crippen molar-refractivity contribution in [3.8, 4) is 0 Å². The molecule has 1 aliphatic rings. The fraction of sp³-hybridized carbons (Fsp3) is 0.700. The maximum absolute atomic E-state index is 5.45. The van der Waals surface area contributed by atoms with Crippen molar-refractivity contribution in [2.75, 3.05) is 19.6 Å². The van der Waals surface area contributed by atoms with Crippen molar-refractivity contribution < 1.29 is 4.42 Å². The van der Waals surface area contributed by atoms with Gasteiger partial charge in [0.1, 0.15) is 6.26 Å². The Hall–Kier alpha value is -0.870. The van der Waals surface area contributed by atoms with Crippen molar-refractivity contribution >= 4 is 0 Å². The zero-order chi connectivity index (χ0) is 9.80. The van der Waals surface area contributed by atoms with Gasteiger partial charge in [0.2, 0.25) is 0 Å². The molecule has 0 aliphatic carbocycles. The van der Waals surface area contributed by atoms with E-state index in [1.165, 1.54) is 12.8 Å². The van der Waals surface area contributed by atoms with E-state index in [4.69, 9.17) is 10.2 Å². The molecular formula is C10H17N3O. The second-order valence-corrected chi connectivity index (χ2v) is 3.76. The summed E-state index contributed by atoms with van der Waals surface area (Å²) in [6.45, 7) is 2.74. The minimum absolute atomic E-state index is 0.454. The largest absolute Gasteiger partial charge is 0.448 e. The first-order valence-electron chi connectivity index (χ1n) is 5.25. The summed E-state index contributed by atoms with van der Waals surface area (Å²) >= 11 is 0. The van der Waals surface area contributed by atoms with E-state index in [1.807, 2.05) is 0 Å². The number of rotatable bonds is 3. The first-order valence-corrected chi connectivity index (χ1v) is 5.25. The number of aromatic nitrogens is 1. The summed E-state index contributed by atoms with van der Waals surface area (Å²) < 4.78 is 5.45. The molecule has 2 rings (SSSR count). The van der Waals surface area contributed by atoms with Crippen LogP contribution in [0.3, 0.4) is 0 Å². The summed E-state index contributed by atoms with van der Waals surface area (Å²) in [4.78, 5) is 4.44. The zero-order valence-corrected chi connectivity index (χ0v) is 8.33. The SMILES string of the molecule is NCCc1coc(C2CCCNC2)n1. The van der Waals surface area contributed by atoms with E-state index in [-0.39, 0.29) is 0 Å². The molecule has 1 aromatic rings. The van der Waals surface area contributed by atoms with Crippen LogP contribution in [0.25, 0.3) is 0 Å². The van der Waals surface area contributed by atoms with Gasteiger partial charge >= 0.3 is 0 Å². The first kappa shape index (κ1) is 9.68. The molecule has 1 aliphatic heterocycles. The molecule has 14 heavy (non-hydrogen) atoms. The molecule has 3 N–H and O–H groups in total. The highest BCUT2D eigenvalue weighted by molar-refractivity contribution is 5.02. The van der Waals surface area contributed by atoms with Gasteiger partial charge in [0.05, 0.1) is 5.69 Å². The number of nitrogens with two attached hydrogens (primary N) is 1. The summed E-state index contributed by atoms with van der Waals surface area (Å²) in [5.74, 6) is 1.33. The van der Waals surface area contributed by atoms with E-state index in [0.29, 0.717) is 12.5 Å². The van der Waals surface area contributed by atoms with Gasteiger partial charge in [-0.15, -0.1) is 0 Å². The van der Waals surface area contributed by atoms with Gasteiger partial charge < -0.3 is 15.5 Å². The number of hydrogen-bond acceptors (Lipinski definition) is 4. The van der Waals surface area contributed by atoms with Gasteiger partial charge in [-0.25, -0.2) is 4.98 Å². The van der Waals surface area contributed by atoms with Crippen LogP contribution in [0.4, 0.5) is 0 Å². The van der Waals surface area contributed by atoms with Crippen molar-refractivity contribution in [2.45, 2.75) is 25.2 Å². The van der Waals surface area contributed by atoms with Crippen LogP contribution in [-0.4, -0.2) is 24.6 Å². The van der Waals surface area contributed by atoms with E-state index in [0.717, 1.165) is 31.1 Å². The Labute approximate surface area is 83.9 Å². The van der Waals surface area contributed by atoms with Gasteiger partial charge in [0.25, 0.3) is 0 Å². The molecule has 0 spiro atoms. The lowest BCUT2D eigenvalue weighted by Crippen LogP contribution is -2.28. The minimum Gasteiger partial charge on any atom is -0.448 e. The third kappa shape index (κ3) is 2.13. The topological polar surface area (TPSA) is 64.1 Å². The molecule has 1 saturated heterocycles. The molecule has 2 heterocycles. The van der Waals surface area contributed by atoms with E-state index >= 15 is 0 Å². The zero-order valence-electron chi connectivity index (χ0n) is 8.33. The molecule has 0 aromatic carbocycles. The van der Waals surface area contributed by atoms with Crippen LogP contribution in [0.15, 0.2) is 10.7 Å². The highest BCUT2D eigenvalue weighted by atomic mass is 16.3. The molecule has 1 aromatic heterocycles. The maximum atomic E-state index is 5.45. The molecule has 0 bridgehead atoms. The third-order valence-corrected chi connectivity index (χ3v) is 2.62. The third-order valence-electron chi connectivity index (χ3n) is 2.62. The average molecular weight is 195 g/mol. The summed E-state index contributed by atoms with van der Waals surface area (Å²) in [6.07, 6.45) is 4.93. The minimum atomic E-state index is 0.454. The smallest absolute Gasteiger partial charge is 0.198 e. The summed E-state index contributed by atoms with van der Waals surface area (Å²) in [6, 6.07) is 0. The first-order chi connectivity index (χ1) is 6.90. The van der Waals surface area contributed by atoms with Crippen molar-refractivity contribution in [3.63, 3.8) is 0 Å². The highest BCUT2D eigenvalue weighted by Gasteiger charge is 2.19. The second kappa shape index (κ2) is 4.57. The molecular weight excluding hydrogens is 178 g/mol. The van der Waals surface area contributed by atoms with Gasteiger partial charge in [-0.3, -0.25) is 0 Å². The Kier molecular flexibility index (Phi) is 3.16. The fourth-order valence-corrected chi connectivity index (χ4v) is 1.84. The summed E-state index contributed by atoms with van der Waals surface area (Å²) in [7, 11) is 0. The van der Waals surface area contributed by atoms with Crippen molar-refractivity contribution in [3.05, 3.63) is 17.8 Å². The Morgan fingerprint density at radius 1 is 1.64 bits per heavy atom. The molecule has 4 heteroatoms. The highest BCUT2D eigenvalue weighted by Crippen LogP contribution is 2.22. The quantitative estimate of drug-likeness (QED) is 0.743. The second-order valence-electron chi connectivity index (χ2n) is 3.76. The lowest BCUT2D eigenvalue weighted by Gasteiger charge is -2.19. The van der Waals surface area contributed by atoms with E-state index < -0.39 is 0 Å². The van der Waals surface area contributed by atoms with Gasteiger partial charge in [-0.2, -0.15) is 0 Å². The monoisotopic (exact) mass is 195 g/mol. The lowest BCUT2D eigenvalue weighted by atomic mass is 10.00.